The molecule has 1 heterocycles. The summed E-state index contributed by atoms with van der Waals surface area (Å²) in [6.07, 6.45) is 7.82. The van der Waals surface area contributed by atoms with Crippen molar-refractivity contribution in [1.82, 2.24) is 4.98 Å². The minimum absolute atomic E-state index is 0.842. The summed E-state index contributed by atoms with van der Waals surface area (Å²) in [6, 6.07) is 2.30. The first-order valence-corrected chi connectivity index (χ1v) is 5.34. The van der Waals surface area contributed by atoms with Crippen LogP contribution in [0.15, 0.2) is 18.5 Å². The number of pyridine rings is 1. The lowest BCUT2D eigenvalue weighted by Crippen LogP contribution is -1.86. The molecule has 0 atom stereocenters. The maximum Gasteiger partial charge on any atom is 0.0302 e. The Morgan fingerprint density at radius 1 is 1.31 bits per heavy atom. The molecule has 0 unspecified atom stereocenters. The number of rotatable bonds is 2. The monoisotopic (exact) mass is 177 g/mol. The molecule has 0 aromatic carbocycles. The van der Waals surface area contributed by atoms with Crippen LogP contribution >= 0.6 is 0 Å². The lowest BCUT2D eigenvalue weighted by Gasteiger charge is -1.99. The highest BCUT2D eigenvalue weighted by molar-refractivity contribution is 5.24. The first kappa shape index (κ1) is 10.2. The molecule has 1 aliphatic carbocycles. The van der Waals surface area contributed by atoms with Crippen molar-refractivity contribution >= 4 is 0 Å². The van der Waals surface area contributed by atoms with Crippen LogP contribution in [0.25, 0.3) is 0 Å². The van der Waals surface area contributed by atoms with Gasteiger partial charge in [0.2, 0.25) is 0 Å². The molecule has 0 N–H and O–H groups in total. The normalized spacial score (nSPS) is 14.7. The summed E-state index contributed by atoms with van der Waals surface area (Å²) in [5, 5.41) is 0. The molecule has 72 valence electrons. The second-order valence-corrected chi connectivity index (χ2v) is 3.25. The van der Waals surface area contributed by atoms with E-state index in [1.807, 2.05) is 26.2 Å². The highest BCUT2D eigenvalue weighted by Gasteiger charge is 2.23. The van der Waals surface area contributed by atoms with Crippen LogP contribution in [0.1, 0.15) is 50.7 Å². The maximum absolute atomic E-state index is 4.22. The highest BCUT2D eigenvalue weighted by Crippen LogP contribution is 2.39. The topological polar surface area (TPSA) is 12.9 Å². The first-order chi connectivity index (χ1) is 6.40. The van der Waals surface area contributed by atoms with Gasteiger partial charge in [-0.1, -0.05) is 26.8 Å². The molecule has 1 fully saturated rings. The second-order valence-electron chi connectivity index (χ2n) is 3.25. The van der Waals surface area contributed by atoms with Crippen molar-refractivity contribution in [1.29, 1.82) is 0 Å². The van der Waals surface area contributed by atoms with Crippen molar-refractivity contribution in [2.24, 2.45) is 0 Å². The van der Waals surface area contributed by atoms with Gasteiger partial charge in [0.25, 0.3) is 0 Å². The Morgan fingerprint density at radius 2 is 2.00 bits per heavy atom. The zero-order chi connectivity index (χ0) is 9.68. The first-order valence-electron chi connectivity index (χ1n) is 5.34. The molecular formula is C12H19N. The van der Waals surface area contributed by atoms with Gasteiger partial charge in [0.15, 0.2) is 0 Å². The zero-order valence-electron chi connectivity index (χ0n) is 8.88. The largest absolute Gasteiger partial charge is 0.264 e. The second kappa shape index (κ2) is 5.00. The summed E-state index contributed by atoms with van der Waals surface area (Å²) in [5.74, 6) is 0.842. The molecule has 1 aromatic rings. The van der Waals surface area contributed by atoms with E-state index in [1.165, 1.54) is 24.0 Å². The van der Waals surface area contributed by atoms with E-state index in [2.05, 4.69) is 18.0 Å². The molecule has 0 spiro atoms. The van der Waals surface area contributed by atoms with Crippen LogP contribution in [0.2, 0.25) is 0 Å². The smallest absolute Gasteiger partial charge is 0.0302 e. The predicted octanol–water partition coefficient (Wildman–Crippen LogP) is 3.55. The summed E-state index contributed by atoms with van der Waals surface area (Å²) < 4.78 is 0. The Balaban J connectivity index is 0.000000396. The van der Waals surface area contributed by atoms with Crippen LogP contribution in [-0.4, -0.2) is 4.98 Å². The fourth-order valence-electron chi connectivity index (χ4n) is 1.34. The summed E-state index contributed by atoms with van der Waals surface area (Å²) in [6.45, 7) is 6.17. The van der Waals surface area contributed by atoms with Crippen molar-refractivity contribution in [2.75, 3.05) is 0 Å². The van der Waals surface area contributed by atoms with Gasteiger partial charge in [0, 0.05) is 12.4 Å². The van der Waals surface area contributed by atoms with E-state index in [-0.39, 0.29) is 0 Å². The molecule has 0 saturated heterocycles. The van der Waals surface area contributed by atoms with Gasteiger partial charge in [0.05, 0.1) is 0 Å². The van der Waals surface area contributed by atoms with Gasteiger partial charge >= 0.3 is 0 Å². The predicted molar refractivity (Wildman–Crippen MR) is 56.9 cm³/mol. The van der Waals surface area contributed by atoms with Crippen molar-refractivity contribution in [3.05, 3.63) is 29.6 Å². The number of aryl methyl sites for hydroxylation is 1. The van der Waals surface area contributed by atoms with Gasteiger partial charge in [-0.25, -0.2) is 0 Å². The van der Waals surface area contributed by atoms with E-state index in [0.29, 0.717) is 0 Å². The SMILES string of the molecule is CC.CCc1cncc(C2CC2)c1. The van der Waals surface area contributed by atoms with Crippen LogP contribution in [0.3, 0.4) is 0 Å². The fraction of sp³-hybridized carbons (Fsp3) is 0.583. The molecule has 0 aliphatic heterocycles. The molecule has 13 heavy (non-hydrogen) atoms. The lowest BCUT2D eigenvalue weighted by molar-refractivity contribution is 1.04. The average Bonchev–Trinajstić information content (AvgIpc) is 3.04. The minimum atomic E-state index is 0.842. The van der Waals surface area contributed by atoms with E-state index >= 15 is 0 Å². The Morgan fingerprint density at radius 3 is 2.54 bits per heavy atom. The van der Waals surface area contributed by atoms with Gasteiger partial charge in [-0.05, 0) is 36.3 Å². The summed E-state index contributed by atoms with van der Waals surface area (Å²) in [7, 11) is 0. The Bertz CT molecular complexity index is 251. The van der Waals surface area contributed by atoms with E-state index in [9.17, 15) is 0 Å². The van der Waals surface area contributed by atoms with Crippen LogP contribution < -0.4 is 0 Å². The van der Waals surface area contributed by atoms with Crippen molar-refractivity contribution < 1.29 is 0 Å². The molecular weight excluding hydrogens is 158 g/mol. The lowest BCUT2D eigenvalue weighted by atomic mass is 10.1. The van der Waals surface area contributed by atoms with Crippen LogP contribution in [-0.2, 0) is 6.42 Å². The third kappa shape index (κ3) is 2.83. The zero-order valence-corrected chi connectivity index (χ0v) is 8.88. The molecule has 0 amide bonds. The van der Waals surface area contributed by atoms with E-state index in [0.717, 1.165) is 12.3 Å². The minimum Gasteiger partial charge on any atom is -0.264 e. The van der Waals surface area contributed by atoms with Crippen LogP contribution in [0.5, 0.6) is 0 Å². The molecule has 1 nitrogen and oxygen atoms in total. The highest BCUT2D eigenvalue weighted by atomic mass is 14.6. The number of nitrogens with zero attached hydrogens (tertiary/aromatic N) is 1. The molecule has 1 aromatic heterocycles. The van der Waals surface area contributed by atoms with Crippen molar-refractivity contribution in [2.45, 2.75) is 46.0 Å². The van der Waals surface area contributed by atoms with Gasteiger partial charge in [-0.2, -0.15) is 0 Å². The molecule has 0 bridgehead atoms. The fourth-order valence-corrected chi connectivity index (χ4v) is 1.34. The summed E-state index contributed by atoms with van der Waals surface area (Å²) in [4.78, 5) is 4.22. The van der Waals surface area contributed by atoms with Crippen LogP contribution in [0.4, 0.5) is 0 Å². The number of aromatic nitrogens is 1. The van der Waals surface area contributed by atoms with E-state index < -0.39 is 0 Å². The third-order valence-electron chi connectivity index (χ3n) is 2.27. The van der Waals surface area contributed by atoms with Gasteiger partial charge in [-0.15, -0.1) is 0 Å². The average molecular weight is 177 g/mol. The number of hydrogen-bond acceptors (Lipinski definition) is 1. The molecule has 1 aliphatic rings. The van der Waals surface area contributed by atoms with Crippen molar-refractivity contribution in [3.63, 3.8) is 0 Å². The Hall–Kier alpha value is -0.850. The summed E-state index contributed by atoms with van der Waals surface area (Å²) >= 11 is 0. The van der Waals surface area contributed by atoms with Gasteiger partial charge in [-0.3, -0.25) is 4.98 Å². The van der Waals surface area contributed by atoms with Gasteiger partial charge in [0.1, 0.15) is 0 Å². The van der Waals surface area contributed by atoms with Crippen LogP contribution in [0, 0.1) is 0 Å². The molecule has 1 saturated carbocycles. The van der Waals surface area contributed by atoms with E-state index in [4.69, 9.17) is 0 Å². The number of hydrogen-bond donors (Lipinski definition) is 0. The molecule has 2 rings (SSSR count). The Kier molecular flexibility index (Phi) is 3.94. The third-order valence-corrected chi connectivity index (χ3v) is 2.27. The van der Waals surface area contributed by atoms with Gasteiger partial charge < -0.3 is 0 Å². The molecule has 0 radical (unpaired) electrons. The quantitative estimate of drug-likeness (QED) is 0.673. The Labute approximate surface area is 81.2 Å². The molecule has 1 heteroatoms. The van der Waals surface area contributed by atoms with Crippen molar-refractivity contribution in [3.8, 4) is 0 Å². The standard InChI is InChI=1S/C10H13N.C2H6/c1-2-8-5-10(7-11-6-8)9-3-4-9;1-2/h5-7,9H,2-4H2,1H3;1-2H3. The van der Waals surface area contributed by atoms with E-state index in [1.54, 1.807) is 0 Å². The summed E-state index contributed by atoms with van der Waals surface area (Å²) in [5.41, 5.74) is 2.82. The maximum atomic E-state index is 4.22.